The first-order valence-electron chi connectivity index (χ1n) is 12.5. The van der Waals surface area contributed by atoms with Gasteiger partial charge < -0.3 is 14.8 Å². The van der Waals surface area contributed by atoms with Gasteiger partial charge in [0.05, 0.1) is 5.69 Å². The molecule has 2 aliphatic carbocycles. The number of rotatable bonds is 4. The van der Waals surface area contributed by atoms with Crippen molar-refractivity contribution in [2.24, 2.45) is 17.8 Å². The maximum Gasteiger partial charge on any atom is 0.146 e. The van der Waals surface area contributed by atoms with Gasteiger partial charge in [0, 0.05) is 24.9 Å². The molecule has 3 aliphatic rings. The maximum absolute atomic E-state index is 15.4. The molecule has 1 N–H and O–H groups in total. The fourth-order valence-electron chi connectivity index (χ4n) is 6.58. The zero-order chi connectivity index (χ0) is 22.1. The number of aromatic hydroxyl groups is 1. The Balaban J connectivity index is 1.47. The average molecular weight is 436 g/mol. The van der Waals surface area contributed by atoms with E-state index in [4.69, 9.17) is 0 Å². The summed E-state index contributed by atoms with van der Waals surface area (Å²) in [5.41, 5.74) is 4.20. The van der Waals surface area contributed by atoms with Crippen molar-refractivity contribution in [1.82, 2.24) is 0 Å². The van der Waals surface area contributed by atoms with E-state index >= 15 is 4.39 Å². The fourth-order valence-corrected chi connectivity index (χ4v) is 6.58. The lowest BCUT2D eigenvalue weighted by molar-refractivity contribution is -0.111. The van der Waals surface area contributed by atoms with Crippen LogP contribution in [0, 0.1) is 23.6 Å². The number of carbonyl (C=O) groups excluding carboxylic acids is 1. The molecular formula is C28H34FNO2. The lowest BCUT2D eigenvalue weighted by Gasteiger charge is -2.41. The van der Waals surface area contributed by atoms with Crippen LogP contribution in [0.15, 0.2) is 36.4 Å². The van der Waals surface area contributed by atoms with Crippen molar-refractivity contribution < 1.29 is 14.3 Å². The van der Waals surface area contributed by atoms with Gasteiger partial charge in [-0.05, 0) is 78.5 Å². The highest BCUT2D eigenvalue weighted by Crippen LogP contribution is 2.48. The van der Waals surface area contributed by atoms with Crippen molar-refractivity contribution in [1.29, 1.82) is 0 Å². The Morgan fingerprint density at radius 2 is 1.72 bits per heavy atom. The number of nitrogens with zero attached hydrogens (tertiary/aromatic N) is 1. The van der Waals surface area contributed by atoms with Gasteiger partial charge >= 0.3 is 0 Å². The van der Waals surface area contributed by atoms with Crippen molar-refractivity contribution in [3.05, 3.63) is 58.9 Å². The summed E-state index contributed by atoms with van der Waals surface area (Å²) < 4.78 is 15.4. The van der Waals surface area contributed by atoms with E-state index in [9.17, 15) is 9.90 Å². The first kappa shape index (κ1) is 21.5. The third kappa shape index (κ3) is 4.16. The van der Waals surface area contributed by atoms with Gasteiger partial charge in [-0.1, -0.05) is 44.2 Å². The van der Waals surface area contributed by atoms with E-state index in [2.05, 4.69) is 17.0 Å². The molecule has 5 rings (SSSR count). The van der Waals surface area contributed by atoms with Crippen LogP contribution in [0.3, 0.4) is 0 Å². The first-order chi connectivity index (χ1) is 15.6. The predicted molar refractivity (Wildman–Crippen MR) is 126 cm³/mol. The molecule has 32 heavy (non-hydrogen) atoms. The number of benzene rings is 2. The Hall–Kier alpha value is -2.36. The van der Waals surface area contributed by atoms with Gasteiger partial charge in [0.1, 0.15) is 17.9 Å². The molecule has 0 amide bonds. The molecule has 2 aromatic rings. The summed E-state index contributed by atoms with van der Waals surface area (Å²) in [6.45, 7) is 1.46. The number of hydrogen-bond acceptors (Lipinski definition) is 3. The van der Waals surface area contributed by atoms with Crippen molar-refractivity contribution in [3.63, 3.8) is 0 Å². The lowest BCUT2D eigenvalue weighted by atomic mass is 9.64. The molecule has 2 atom stereocenters. The first-order valence-corrected chi connectivity index (χ1v) is 12.5. The number of aldehydes is 1. The van der Waals surface area contributed by atoms with E-state index in [-0.39, 0.29) is 17.7 Å². The Morgan fingerprint density at radius 1 is 0.938 bits per heavy atom. The van der Waals surface area contributed by atoms with E-state index in [0.717, 1.165) is 50.6 Å². The normalized spacial score (nSPS) is 24.8. The molecular weight excluding hydrogens is 401 g/mol. The number of fused-ring (bicyclic) bond motifs is 1. The molecule has 0 bridgehead atoms. The van der Waals surface area contributed by atoms with E-state index in [1.165, 1.54) is 43.2 Å². The maximum atomic E-state index is 15.4. The van der Waals surface area contributed by atoms with Crippen molar-refractivity contribution >= 4 is 12.0 Å². The largest absolute Gasteiger partial charge is 0.508 e. The van der Waals surface area contributed by atoms with Gasteiger partial charge in [-0.25, -0.2) is 4.39 Å². The number of hydrogen-bond donors (Lipinski definition) is 1. The SMILES string of the molecule is O=CC1CCN(c2ccc([C@@H]3c4ccc(O)cc4CC[C@@H]3C3CCCCC3)cc2F)CC1. The van der Waals surface area contributed by atoms with Crippen LogP contribution in [0.5, 0.6) is 5.75 Å². The molecule has 1 aliphatic heterocycles. The number of phenols is 1. The number of aryl methyl sites for hydroxylation is 1. The van der Waals surface area contributed by atoms with Crippen LogP contribution in [0.25, 0.3) is 0 Å². The molecule has 0 unspecified atom stereocenters. The number of piperidine rings is 1. The minimum atomic E-state index is -0.152. The van der Waals surface area contributed by atoms with Gasteiger partial charge in [0.2, 0.25) is 0 Å². The average Bonchev–Trinajstić information content (AvgIpc) is 2.84. The highest BCUT2D eigenvalue weighted by atomic mass is 19.1. The monoisotopic (exact) mass is 435 g/mol. The Morgan fingerprint density at radius 3 is 2.44 bits per heavy atom. The van der Waals surface area contributed by atoms with Gasteiger partial charge in [0.25, 0.3) is 0 Å². The van der Waals surface area contributed by atoms with Crippen LogP contribution in [0.2, 0.25) is 0 Å². The fraction of sp³-hybridized carbons (Fsp3) is 0.536. The standard InChI is InChI=1S/C28H34FNO2/c29-26-17-22(7-11-27(26)30-14-12-19(18-31)13-15-30)28-24(20-4-2-1-3-5-20)9-6-21-16-23(32)8-10-25(21)28/h7-8,10-11,16-20,24,28,32H,1-6,9,12-15H2/t24-,28+/m1/s1. The molecule has 3 nitrogen and oxygen atoms in total. The molecule has 1 saturated carbocycles. The van der Waals surface area contributed by atoms with E-state index < -0.39 is 0 Å². The van der Waals surface area contributed by atoms with Crippen LogP contribution < -0.4 is 4.90 Å². The summed E-state index contributed by atoms with van der Waals surface area (Å²) in [5, 5.41) is 10.0. The quantitative estimate of drug-likeness (QED) is 0.580. The zero-order valence-corrected chi connectivity index (χ0v) is 18.8. The molecule has 0 aromatic heterocycles. The van der Waals surface area contributed by atoms with Crippen LogP contribution in [-0.4, -0.2) is 24.5 Å². The highest BCUT2D eigenvalue weighted by Gasteiger charge is 2.37. The van der Waals surface area contributed by atoms with E-state index in [0.29, 0.717) is 23.3 Å². The molecule has 0 radical (unpaired) electrons. The van der Waals surface area contributed by atoms with Gasteiger partial charge in [0.15, 0.2) is 0 Å². The molecule has 170 valence electrons. The highest BCUT2D eigenvalue weighted by molar-refractivity contribution is 5.56. The molecule has 2 aromatic carbocycles. The van der Waals surface area contributed by atoms with Gasteiger partial charge in [-0.3, -0.25) is 0 Å². The minimum Gasteiger partial charge on any atom is -0.508 e. The molecule has 1 heterocycles. The van der Waals surface area contributed by atoms with Crippen LogP contribution in [0.4, 0.5) is 10.1 Å². The lowest BCUT2D eigenvalue weighted by Crippen LogP contribution is -2.34. The van der Waals surface area contributed by atoms with Gasteiger partial charge in [-0.2, -0.15) is 0 Å². The third-order valence-electron chi connectivity index (χ3n) is 8.30. The smallest absolute Gasteiger partial charge is 0.146 e. The van der Waals surface area contributed by atoms with Crippen molar-refractivity contribution in [2.45, 2.75) is 63.7 Å². The number of phenolic OH excluding ortho intramolecular Hbond substituents is 1. The Bertz CT molecular complexity index is 960. The third-order valence-corrected chi connectivity index (χ3v) is 8.30. The number of halogens is 1. The Kier molecular flexibility index (Phi) is 6.21. The molecule has 1 saturated heterocycles. The summed E-state index contributed by atoms with van der Waals surface area (Å²) >= 11 is 0. The second kappa shape index (κ2) is 9.25. The molecule has 0 spiro atoms. The summed E-state index contributed by atoms with van der Waals surface area (Å²) in [5.74, 6) is 1.69. The van der Waals surface area contributed by atoms with Crippen molar-refractivity contribution in [2.75, 3.05) is 18.0 Å². The Labute approximate surface area is 190 Å². The second-order valence-corrected chi connectivity index (χ2v) is 10.1. The zero-order valence-electron chi connectivity index (χ0n) is 18.8. The second-order valence-electron chi connectivity index (χ2n) is 10.1. The van der Waals surface area contributed by atoms with Crippen molar-refractivity contribution in [3.8, 4) is 5.75 Å². The summed E-state index contributed by atoms with van der Waals surface area (Å²) in [4.78, 5) is 13.2. The summed E-state index contributed by atoms with van der Waals surface area (Å²) in [7, 11) is 0. The van der Waals surface area contributed by atoms with Gasteiger partial charge in [-0.15, -0.1) is 0 Å². The summed E-state index contributed by atoms with van der Waals surface area (Å²) in [6.07, 6.45) is 11.2. The van der Waals surface area contributed by atoms with Crippen LogP contribution >= 0.6 is 0 Å². The molecule has 4 heteroatoms. The number of carbonyl (C=O) groups is 1. The van der Waals surface area contributed by atoms with E-state index in [1.54, 1.807) is 12.1 Å². The van der Waals surface area contributed by atoms with Crippen LogP contribution in [-0.2, 0) is 11.2 Å². The van der Waals surface area contributed by atoms with E-state index in [1.807, 2.05) is 12.1 Å². The minimum absolute atomic E-state index is 0.111. The topological polar surface area (TPSA) is 40.5 Å². The predicted octanol–water partition coefficient (Wildman–Crippen LogP) is 6.22. The molecule has 2 fully saturated rings. The van der Waals surface area contributed by atoms with Crippen LogP contribution in [0.1, 0.15) is 74.0 Å². The summed E-state index contributed by atoms with van der Waals surface area (Å²) in [6, 6.07) is 11.6. The number of anilines is 1.